The van der Waals surface area contributed by atoms with Crippen LogP contribution in [0.1, 0.15) is 37.2 Å². The molecule has 0 unspecified atom stereocenters. The minimum Gasteiger partial charge on any atom is -0.383 e. The van der Waals surface area contributed by atoms with Crippen LogP contribution in [0.4, 0.5) is 19.0 Å². The molecule has 0 saturated carbocycles. The second-order valence-corrected chi connectivity index (χ2v) is 7.74. The van der Waals surface area contributed by atoms with Crippen LogP contribution in [0.5, 0.6) is 0 Å². The standard InChI is InChI=1S/C21H23F3N6/c1-13(2)17-16(14-7-4-3-5-8-14)18(25)26-20-27-19(28-30(17)20)15-9-6-10-29(11-15)12-21(22,23)24/h3-5,7-8,15H,1,6,9-12H2,2H3,(H2,25,26,27,28)/t15-/m1/s1. The number of aromatic nitrogens is 4. The van der Waals surface area contributed by atoms with Crippen molar-refractivity contribution in [3.05, 3.63) is 48.4 Å². The number of likely N-dealkylation sites (tertiary alicyclic amines) is 1. The van der Waals surface area contributed by atoms with Crippen LogP contribution in [0.2, 0.25) is 0 Å². The van der Waals surface area contributed by atoms with E-state index in [1.165, 1.54) is 4.90 Å². The van der Waals surface area contributed by atoms with Crippen LogP contribution in [-0.2, 0) is 0 Å². The second kappa shape index (κ2) is 7.71. The van der Waals surface area contributed by atoms with E-state index in [1.807, 2.05) is 37.3 Å². The summed E-state index contributed by atoms with van der Waals surface area (Å²) in [5, 5.41) is 4.63. The molecule has 1 aromatic carbocycles. The molecule has 2 N–H and O–H groups in total. The summed E-state index contributed by atoms with van der Waals surface area (Å²) < 4.78 is 40.1. The smallest absolute Gasteiger partial charge is 0.383 e. The van der Waals surface area contributed by atoms with Crippen LogP contribution in [0.15, 0.2) is 36.9 Å². The van der Waals surface area contributed by atoms with Gasteiger partial charge >= 0.3 is 6.18 Å². The highest BCUT2D eigenvalue weighted by molar-refractivity contribution is 5.85. The second-order valence-electron chi connectivity index (χ2n) is 7.74. The average molecular weight is 416 g/mol. The third-order valence-corrected chi connectivity index (χ3v) is 5.27. The summed E-state index contributed by atoms with van der Waals surface area (Å²) in [5.74, 6) is 0.935. The summed E-state index contributed by atoms with van der Waals surface area (Å²) in [7, 11) is 0. The number of nitrogens with two attached hydrogens (primary N) is 1. The van der Waals surface area contributed by atoms with Gasteiger partial charge in [0.15, 0.2) is 5.82 Å². The van der Waals surface area contributed by atoms with Crippen molar-refractivity contribution in [3.63, 3.8) is 0 Å². The molecule has 3 heterocycles. The first-order chi connectivity index (χ1) is 14.2. The maximum atomic E-state index is 12.8. The number of rotatable bonds is 4. The molecular weight excluding hydrogens is 393 g/mol. The monoisotopic (exact) mass is 416 g/mol. The third kappa shape index (κ3) is 4.02. The van der Waals surface area contributed by atoms with Gasteiger partial charge < -0.3 is 5.73 Å². The first-order valence-electron chi connectivity index (χ1n) is 9.79. The van der Waals surface area contributed by atoms with Gasteiger partial charge in [-0.05, 0) is 37.4 Å². The Morgan fingerprint density at radius 1 is 1.23 bits per heavy atom. The van der Waals surface area contributed by atoms with Crippen molar-refractivity contribution in [1.82, 2.24) is 24.5 Å². The van der Waals surface area contributed by atoms with Gasteiger partial charge in [-0.15, -0.1) is 5.10 Å². The van der Waals surface area contributed by atoms with E-state index in [1.54, 1.807) is 4.52 Å². The van der Waals surface area contributed by atoms with E-state index in [9.17, 15) is 13.2 Å². The summed E-state index contributed by atoms with van der Waals surface area (Å²) in [6.07, 6.45) is -2.83. The molecule has 3 aromatic rings. The Morgan fingerprint density at radius 2 is 1.97 bits per heavy atom. The number of nitrogen functional groups attached to an aromatic ring is 1. The average Bonchev–Trinajstić information content (AvgIpc) is 3.09. The van der Waals surface area contributed by atoms with E-state index in [0.29, 0.717) is 36.1 Å². The predicted molar refractivity (Wildman–Crippen MR) is 110 cm³/mol. The number of piperidine rings is 1. The van der Waals surface area contributed by atoms with Crippen molar-refractivity contribution >= 4 is 17.2 Å². The van der Waals surface area contributed by atoms with Crippen molar-refractivity contribution in [1.29, 1.82) is 0 Å². The molecule has 30 heavy (non-hydrogen) atoms. The minimum absolute atomic E-state index is 0.192. The van der Waals surface area contributed by atoms with Gasteiger partial charge in [0.25, 0.3) is 5.78 Å². The summed E-state index contributed by atoms with van der Waals surface area (Å²) >= 11 is 0. The zero-order valence-corrected chi connectivity index (χ0v) is 16.7. The Hall–Kier alpha value is -2.94. The normalized spacial score (nSPS) is 18.1. The van der Waals surface area contributed by atoms with Gasteiger partial charge in [-0.25, -0.2) is 0 Å². The molecule has 1 saturated heterocycles. The molecule has 1 aliphatic rings. The lowest BCUT2D eigenvalue weighted by Gasteiger charge is -2.31. The molecule has 0 bridgehead atoms. The molecule has 0 amide bonds. The number of benzene rings is 1. The van der Waals surface area contributed by atoms with Crippen LogP contribution >= 0.6 is 0 Å². The third-order valence-electron chi connectivity index (χ3n) is 5.27. The maximum Gasteiger partial charge on any atom is 0.401 e. The molecule has 9 heteroatoms. The summed E-state index contributed by atoms with van der Waals surface area (Å²) in [5.41, 5.74) is 9.31. The van der Waals surface area contributed by atoms with Gasteiger partial charge in [0.2, 0.25) is 0 Å². The fraction of sp³-hybridized carbons (Fsp3) is 0.381. The van der Waals surface area contributed by atoms with Crippen molar-refractivity contribution in [2.45, 2.75) is 31.9 Å². The van der Waals surface area contributed by atoms with Gasteiger partial charge in [-0.1, -0.05) is 36.9 Å². The number of halogens is 3. The fourth-order valence-electron chi connectivity index (χ4n) is 4.05. The zero-order chi connectivity index (χ0) is 21.5. The number of allylic oxidation sites excluding steroid dienone is 1. The van der Waals surface area contributed by atoms with Crippen LogP contribution in [0.25, 0.3) is 22.5 Å². The first kappa shape index (κ1) is 20.3. The Kier molecular flexibility index (Phi) is 5.23. The molecule has 6 nitrogen and oxygen atoms in total. The van der Waals surface area contributed by atoms with E-state index in [4.69, 9.17) is 5.73 Å². The van der Waals surface area contributed by atoms with E-state index in [2.05, 4.69) is 21.6 Å². The first-order valence-corrected chi connectivity index (χ1v) is 9.79. The molecule has 1 fully saturated rings. The van der Waals surface area contributed by atoms with E-state index in [0.717, 1.165) is 23.1 Å². The lowest BCUT2D eigenvalue weighted by atomic mass is 9.97. The SMILES string of the molecule is C=C(C)c1c(-c2ccccc2)c(N)nc2nc([C@@H]3CCCN(CC(F)(F)F)C3)nn12. The lowest BCUT2D eigenvalue weighted by molar-refractivity contribution is -0.148. The van der Waals surface area contributed by atoms with Crippen LogP contribution in [-0.4, -0.2) is 50.3 Å². The van der Waals surface area contributed by atoms with Crippen LogP contribution in [0, 0.1) is 0 Å². The molecule has 0 radical (unpaired) electrons. The highest BCUT2D eigenvalue weighted by atomic mass is 19.4. The molecule has 4 rings (SSSR count). The lowest BCUT2D eigenvalue weighted by Crippen LogP contribution is -2.40. The zero-order valence-electron chi connectivity index (χ0n) is 16.7. The van der Waals surface area contributed by atoms with Gasteiger partial charge in [0, 0.05) is 12.5 Å². The Balaban J connectivity index is 1.76. The highest BCUT2D eigenvalue weighted by Gasteiger charge is 2.34. The highest BCUT2D eigenvalue weighted by Crippen LogP contribution is 2.34. The van der Waals surface area contributed by atoms with Crippen LogP contribution < -0.4 is 5.73 Å². The topological polar surface area (TPSA) is 72.3 Å². The Bertz CT molecular complexity index is 1070. The van der Waals surface area contributed by atoms with E-state index < -0.39 is 12.7 Å². The van der Waals surface area contributed by atoms with Crippen molar-refractivity contribution in [2.24, 2.45) is 0 Å². The molecular formula is C21H23F3N6. The van der Waals surface area contributed by atoms with E-state index >= 15 is 0 Å². The van der Waals surface area contributed by atoms with Gasteiger partial charge in [-0.3, -0.25) is 4.90 Å². The fourth-order valence-corrected chi connectivity index (χ4v) is 4.05. The van der Waals surface area contributed by atoms with Crippen molar-refractivity contribution < 1.29 is 13.2 Å². The summed E-state index contributed by atoms with van der Waals surface area (Å²) in [6.45, 7) is 5.69. The number of alkyl halides is 3. The molecule has 158 valence electrons. The van der Waals surface area contributed by atoms with Crippen molar-refractivity contribution in [2.75, 3.05) is 25.4 Å². The number of hydrogen-bond acceptors (Lipinski definition) is 5. The molecule has 0 spiro atoms. The predicted octanol–water partition coefficient (Wildman–Crippen LogP) is 4.15. The number of hydrogen-bond donors (Lipinski definition) is 1. The van der Waals surface area contributed by atoms with Gasteiger partial charge in [-0.2, -0.15) is 27.7 Å². The molecule has 0 aliphatic carbocycles. The van der Waals surface area contributed by atoms with Crippen LogP contribution in [0.3, 0.4) is 0 Å². The quantitative estimate of drug-likeness (QED) is 0.692. The largest absolute Gasteiger partial charge is 0.401 e. The van der Waals surface area contributed by atoms with Crippen molar-refractivity contribution in [3.8, 4) is 11.1 Å². The minimum atomic E-state index is -4.22. The number of anilines is 1. The van der Waals surface area contributed by atoms with Gasteiger partial charge in [0.1, 0.15) is 5.82 Å². The number of fused-ring (bicyclic) bond motifs is 1. The molecule has 1 atom stereocenters. The maximum absolute atomic E-state index is 12.8. The summed E-state index contributed by atoms with van der Waals surface area (Å²) in [6, 6.07) is 9.59. The van der Waals surface area contributed by atoms with Gasteiger partial charge in [0.05, 0.1) is 17.8 Å². The molecule has 1 aliphatic heterocycles. The van der Waals surface area contributed by atoms with E-state index in [-0.39, 0.29) is 12.5 Å². The Morgan fingerprint density at radius 3 is 2.63 bits per heavy atom. The Labute approximate surface area is 172 Å². The molecule has 2 aromatic heterocycles. The number of nitrogens with zero attached hydrogens (tertiary/aromatic N) is 5. The summed E-state index contributed by atoms with van der Waals surface area (Å²) in [4.78, 5) is 10.4.